The van der Waals surface area contributed by atoms with Crippen LogP contribution >= 0.6 is 11.6 Å². The van der Waals surface area contributed by atoms with Crippen molar-refractivity contribution in [1.29, 1.82) is 0 Å². The molecule has 0 saturated carbocycles. The zero-order valence-electron chi connectivity index (χ0n) is 13.0. The van der Waals surface area contributed by atoms with Crippen molar-refractivity contribution in [2.45, 2.75) is 32.1 Å². The predicted octanol–water partition coefficient (Wildman–Crippen LogP) is 3.74. The van der Waals surface area contributed by atoms with Gasteiger partial charge < -0.3 is 10.6 Å². The molecule has 2 N–H and O–H groups in total. The molecule has 3 rings (SSSR count). The monoisotopic (exact) mass is 317 g/mol. The topological polar surface area (TPSA) is 37.0 Å². The van der Waals surface area contributed by atoms with Crippen LogP contribution in [0.3, 0.4) is 0 Å². The number of nitrogens with zero attached hydrogens (tertiary/aromatic N) is 1. The molecule has 4 heteroatoms. The summed E-state index contributed by atoms with van der Waals surface area (Å²) in [5.74, 6) is 0.677. The zero-order chi connectivity index (χ0) is 15.2. The Balaban J connectivity index is 1.77. The van der Waals surface area contributed by atoms with E-state index in [9.17, 15) is 0 Å². The van der Waals surface area contributed by atoms with Gasteiger partial charge in [-0.2, -0.15) is 0 Å². The lowest BCUT2D eigenvalue weighted by Gasteiger charge is -2.21. The number of anilines is 1. The Morgan fingerprint density at radius 1 is 1.05 bits per heavy atom. The van der Waals surface area contributed by atoms with Crippen LogP contribution < -0.4 is 10.6 Å². The van der Waals surface area contributed by atoms with Gasteiger partial charge in [-0.3, -0.25) is 4.98 Å². The first kappa shape index (κ1) is 15.6. The smallest absolute Gasteiger partial charge is 0.0726 e. The van der Waals surface area contributed by atoms with Crippen molar-refractivity contribution in [2.75, 3.05) is 30.8 Å². The van der Waals surface area contributed by atoms with Crippen LogP contribution in [0.5, 0.6) is 0 Å². The van der Waals surface area contributed by atoms with E-state index in [1.807, 2.05) is 0 Å². The molecule has 0 fully saturated rings. The van der Waals surface area contributed by atoms with Crippen LogP contribution in [0.15, 0.2) is 24.3 Å². The molecule has 1 heterocycles. The molecule has 0 spiro atoms. The van der Waals surface area contributed by atoms with Crippen molar-refractivity contribution in [2.24, 2.45) is 0 Å². The van der Waals surface area contributed by atoms with Gasteiger partial charge >= 0.3 is 0 Å². The van der Waals surface area contributed by atoms with Crippen LogP contribution in [0.1, 0.15) is 30.5 Å². The molecular formula is C18H24ClN3. The quantitative estimate of drug-likeness (QED) is 0.603. The highest BCUT2D eigenvalue weighted by Crippen LogP contribution is 2.33. The zero-order valence-corrected chi connectivity index (χ0v) is 13.8. The average molecular weight is 318 g/mol. The second-order valence-corrected chi connectivity index (χ2v) is 6.23. The number of halogens is 1. The number of aromatic nitrogens is 1. The third-order valence-electron chi connectivity index (χ3n) is 4.27. The molecule has 0 aliphatic heterocycles. The second kappa shape index (κ2) is 7.80. The molecule has 1 aromatic carbocycles. The number of rotatable bonds is 7. The van der Waals surface area contributed by atoms with E-state index in [-0.39, 0.29) is 0 Å². The summed E-state index contributed by atoms with van der Waals surface area (Å²) >= 11 is 5.67. The largest absolute Gasteiger partial charge is 0.384 e. The van der Waals surface area contributed by atoms with Crippen LogP contribution in [-0.2, 0) is 12.8 Å². The van der Waals surface area contributed by atoms with Crippen molar-refractivity contribution in [1.82, 2.24) is 10.3 Å². The number of para-hydroxylation sites is 1. The number of hydrogen-bond donors (Lipinski definition) is 2. The highest BCUT2D eigenvalue weighted by molar-refractivity contribution is 6.18. The summed E-state index contributed by atoms with van der Waals surface area (Å²) in [6.07, 6.45) is 5.91. The lowest BCUT2D eigenvalue weighted by molar-refractivity contribution is 0.669. The van der Waals surface area contributed by atoms with E-state index in [4.69, 9.17) is 16.6 Å². The first-order chi connectivity index (χ1) is 10.9. The molecule has 0 saturated heterocycles. The van der Waals surface area contributed by atoms with Gasteiger partial charge in [0.05, 0.1) is 5.52 Å². The molecule has 0 atom stereocenters. The molecule has 0 unspecified atom stereocenters. The molecular weight excluding hydrogens is 294 g/mol. The molecule has 118 valence electrons. The summed E-state index contributed by atoms with van der Waals surface area (Å²) < 4.78 is 0. The third-order valence-corrected chi connectivity index (χ3v) is 4.46. The summed E-state index contributed by atoms with van der Waals surface area (Å²) in [7, 11) is 0. The fourth-order valence-corrected chi connectivity index (χ4v) is 3.33. The summed E-state index contributed by atoms with van der Waals surface area (Å²) in [5, 5.41) is 8.28. The highest BCUT2D eigenvalue weighted by Gasteiger charge is 2.17. The molecule has 0 radical (unpaired) electrons. The number of benzene rings is 1. The van der Waals surface area contributed by atoms with Gasteiger partial charge in [-0.25, -0.2) is 0 Å². The minimum Gasteiger partial charge on any atom is -0.384 e. The van der Waals surface area contributed by atoms with E-state index >= 15 is 0 Å². The van der Waals surface area contributed by atoms with Gasteiger partial charge in [0.2, 0.25) is 0 Å². The van der Waals surface area contributed by atoms with E-state index in [1.54, 1.807) is 0 Å². The highest BCUT2D eigenvalue weighted by atomic mass is 35.5. The third kappa shape index (κ3) is 3.53. The van der Waals surface area contributed by atoms with Crippen molar-refractivity contribution in [3.63, 3.8) is 0 Å². The SMILES string of the molecule is ClCCNCCCNc1c2c(nc3ccccc13)CCCC2. The number of nitrogens with one attached hydrogen (secondary N) is 2. The Morgan fingerprint density at radius 3 is 2.82 bits per heavy atom. The Hall–Kier alpha value is -1.32. The lowest BCUT2D eigenvalue weighted by Crippen LogP contribution is -2.20. The van der Waals surface area contributed by atoms with E-state index < -0.39 is 0 Å². The van der Waals surface area contributed by atoms with Crippen molar-refractivity contribution in [3.05, 3.63) is 35.5 Å². The van der Waals surface area contributed by atoms with E-state index in [1.165, 1.54) is 35.2 Å². The normalized spacial score (nSPS) is 14.0. The van der Waals surface area contributed by atoms with Gasteiger partial charge in [0.1, 0.15) is 0 Å². The van der Waals surface area contributed by atoms with Gasteiger partial charge in [-0.05, 0) is 50.3 Å². The summed E-state index contributed by atoms with van der Waals surface area (Å²) in [4.78, 5) is 4.88. The second-order valence-electron chi connectivity index (χ2n) is 5.86. The Bertz CT molecular complexity index is 627. The van der Waals surface area contributed by atoms with Gasteiger partial charge in [0, 0.05) is 35.7 Å². The van der Waals surface area contributed by atoms with E-state index in [0.29, 0.717) is 5.88 Å². The molecule has 0 amide bonds. The van der Waals surface area contributed by atoms with Gasteiger partial charge in [-0.15, -0.1) is 11.6 Å². The minimum atomic E-state index is 0.677. The number of fused-ring (bicyclic) bond motifs is 2. The van der Waals surface area contributed by atoms with Gasteiger partial charge in [-0.1, -0.05) is 18.2 Å². The maximum atomic E-state index is 5.67. The van der Waals surface area contributed by atoms with Crippen LogP contribution in [0.25, 0.3) is 10.9 Å². The van der Waals surface area contributed by atoms with E-state index in [2.05, 4.69) is 34.9 Å². The maximum absolute atomic E-state index is 5.67. The van der Waals surface area contributed by atoms with Crippen LogP contribution in [0.4, 0.5) is 5.69 Å². The molecule has 1 aromatic heterocycles. The molecule has 3 nitrogen and oxygen atoms in total. The Kier molecular flexibility index (Phi) is 5.52. The molecule has 2 aromatic rings. The first-order valence-electron chi connectivity index (χ1n) is 8.31. The molecule has 1 aliphatic carbocycles. The van der Waals surface area contributed by atoms with E-state index in [0.717, 1.165) is 44.4 Å². The first-order valence-corrected chi connectivity index (χ1v) is 8.84. The fraction of sp³-hybridized carbons (Fsp3) is 0.500. The minimum absolute atomic E-state index is 0.677. The Labute approximate surface area is 137 Å². The number of alkyl halides is 1. The number of hydrogen-bond acceptors (Lipinski definition) is 3. The number of pyridine rings is 1. The molecule has 1 aliphatic rings. The van der Waals surface area contributed by atoms with Crippen molar-refractivity contribution < 1.29 is 0 Å². The van der Waals surface area contributed by atoms with Gasteiger partial charge in [0.25, 0.3) is 0 Å². The Morgan fingerprint density at radius 2 is 1.91 bits per heavy atom. The number of aryl methyl sites for hydroxylation is 1. The standard InChI is InChI=1S/C18H24ClN3/c19-10-13-20-11-5-12-21-18-14-6-1-3-8-16(14)22-17-9-4-2-7-15(17)18/h1,3,6,8,20H,2,4-5,7,9-13H2,(H,21,22). The van der Waals surface area contributed by atoms with Crippen LogP contribution in [-0.4, -0.2) is 30.5 Å². The van der Waals surface area contributed by atoms with Crippen molar-refractivity contribution >= 4 is 28.2 Å². The van der Waals surface area contributed by atoms with Gasteiger partial charge in [0.15, 0.2) is 0 Å². The fourth-order valence-electron chi connectivity index (χ4n) is 3.19. The summed E-state index contributed by atoms with van der Waals surface area (Å²) in [6.45, 7) is 2.87. The molecule has 22 heavy (non-hydrogen) atoms. The predicted molar refractivity (Wildman–Crippen MR) is 95.1 cm³/mol. The van der Waals surface area contributed by atoms with Crippen LogP contribution in [0, 0.1) is 0 Å². The van der Waals surface area contributed by atoms with Crippen LogP contribution in [0.2, 0.25) is 0 Å². The van der Waals surface area contributed by atoms with Crippen molar-refractivity contribution in [3.8, 4) is 0 Å². The lowest BCUT2D eigenvalue weighted by atomic mass is 9.92. The summed E-state index contributed by atoms with van der Waals surface area (Å²) in [6, 6.07) is 8.49. The summed E-state index contributed by atoms with van der Waals surface area (Å²) in [5.41, 5.74) is 5.18. The molecule has 0 bridgehead atoms. The maximum Gasteiger partial charge on any atom is 0.0726 e. The average Bonchev–Trinajstić information content (AvgIpc) is 2.57.